The Bertz CT molecular complexity index is 452. The first-order valence-corrected chi connectivity index (χ1v) is 5.32. The van der Waals surface area contributed by atoms with Crippen molar-refractivity contribution in [3.05, 3.63) is 30.3 Å². The highest BCUT2D eigenvalue weighted by Crippen LogP contribution is 2.33. The van der Waals surface area contributed by atoms with Crippen molar-refractivity contribution < 1.29 is 14.4 Å². The van der Waals surface area contributed by atoms with Crippen molar-refractivity contribution in [3.63, 3.8) is 0 Å². The van der Waals surface area contributed by atoms with Crippen LogP contribution in [0.2, 0.25) is 0 Å². The largest absolute Gasteiger partial charge is 0.372 e. The summed E-state index contributed by atoms with van der Waals surface area (Å²) in [7, 11) is -4.15. The highest BCUT2D eigenvalue weighted by molar-refractivity contribution is 7.60. The number of benzene rings is 1. The van der Waals surface area contributed by atoms with E-state index in [2.05, 4.69) is 4.98 Å². The lowest BCUT2D eigenvalue weighted by atomic mass is 10.3. The topological polar surface area (TPSA) is 73.3 Å². The molecular weight excluding hydrogens is 189 g/mol. The van der Waals surface area contributed by atoms with E-state index in [0.29, 0.717) is 0 Å². The highest BCUT2D eigenvalue weighted by Gasteiger charge is 2.19. The zero-order valence-electron chi connectivity index (χ0n) is 6.64. The van der Waals surface area contributed by atoms with Crippen LogP contribution in [0.3, 0.4) is 0 Å². The molecule has 5 heteroatoms. The fraction of sp³-hybridized carbons (Fsp3) is 0. The number of nitrogens with one attached hydrogen (secondary N) is 1. The van der Waals surface area contributed by atoms with Crippen LogP contribution in [0.5, 0.6) is 0 Å². The van der Waals surface area contributed by atoms with Crippen molar-refractivity contribution in [1.82, 2.24) is 4.98 Å². The Labute approximate surface area is 74.4 Å². The highest BCUT2D eigenvalue weighted by atomic mass is 31.2. The molecule has 0 bridgehead atoms. The van der Waals surface area contributed by atoms with E-state index in [1.54, 1.807) is 12.1 Å². The first kappa shape index (κ1) is 8.51. The predicted octanol–water partition coefficient (Wildman–Crippen LogP) is 0.971. The summed E-state index contributed by atoms with van der Waals surface area (Å²) in [5.41, 5.74) is 0.703. The minimum absolute atomic E-state index is 0.0336. The Morgan fingerprint density at radius 1 is 1.23 bits per heavy atom. The smallest absolute Gasteiger partial charge is 0.348 e. The van der Waals surface area contributed by atoms with Crippen molar-refractivity contribution in [2.24, 2.45) is 0 Å². The molecule has 1 heterocycles. The summed E-state index contributed by atoms with van der Waals surface area (Å²) in [5, 5.41) is 0.806. The van der Waals surface area contributed by atoms with Crippen molar-refractivity contribution in [1.29, 1.82) is 0 Å². The van der Waals surface area contributed by atoms with Gasteiger partial charge in [-0.2, -0.15) is 0 Å². The second kappa shape index (κ2) is 2.70. The van der Waals surface area contributed by atoms with Gasteiger partial charge in [0.2, 0.25) is 0 Å². The van der Waals surface area contributed by atoms with E-state index in [0.717, 1.165) is 10.9 Å². The van der Waals surface area contributed by atoms with Crippen molar-refractivity contribution in [3.8, 4) is 0 Å². The van der Waals surface area contributed by atoms with Gasteiger partial charge in [0.1, 0.15) is 5.44 Å². The summed E-state index contributed by atoms with van der Waals surface area (Å²) in [6, 6.07) is 8.66. The van der Waals surface area contributed by atoms with Gasteiger partial charge in [-0.25, -0.2) is 0 Å². The van der Waals surface area contributed by atoms with Gasteiger partial charge in [-0.1, -0.05) is 18.2 Å². The van der Waals surface area contributed by atoms with Crippen LogP contribution in [0.1, 0.15) is 0 Å². The molecule has 3 N–H and O–H groups in total. The van der Waals surface area contributed by atoms with E-state index in [1.165, 1.54) is 6.07 Å². The van der Waals surface area contributed by atoms with E-state index in [1.807, 2.05) is 12.1 Å². The van der Waals surface area contributed by atoms with Crippen LogP contribution < -0.4 is 5.44 Å². The first-order valence-electron chi connectivity index (χ1n) is 3.71. The van der Waals surface area contributed by atoms with E-state index < -0.39 is 7.60 Å². The van der Waals surface area contributed by atoms with Gasteiger partial charge in [-0.15, -0.1) is 0 Å². The molecule has 0 amide bonds. The Kier molecular flexibility index (Phi) is 1.77. The summed E-state index contributed by atoms with van der Waals surface area (Å²) in [6.07, 6.45) is 0. The second-order valence-corrected chi connectivity index (χ2v) is 4.36. The molecule has 0 atom stereocenters. The molecule has 1 aromatic carbocycles. The molecule has 0 saturated heterocycles. The molecule has 0 fully saturated rings. The number of aromatic nitrogens is 1. The molecule has 0 saturated carbocycles. The molecule has 4 nitrogen and oxygen atoms in total. The minimum Gasteiger partial charge on any atom is -0.348 e. The molecule has 13 heavy (non-hydrogen) atoms. The lowest BCUT2D eigenvalue weighted by Crippen LogP contribution is -2.02. The van der Waals surface area contributed by atoms with Crippen molar-refractivity contribution in [2.45, 2.75) is 0 Å². The maximum atomic E-state index is 10.9. The summed E-state index contributed by atoms with van der Waals surface area (Å²) in [4.78, 5) is 20.4. The Morgan fingerprint density at radius 3 is 2.54 bits per heavy atom. The molecule has 0 aliphatic carbocycles. The van der Waals surface area contributed by atoms with E-state index in [-0.39, 0.29) is 5.44 Å². The second-order valence-electron chi connectivity index (χ2n) is 2.79. The SMILES string of the molecule is O=P(O)(O)c1cc2ccccc2[nH]1. The van der Waals surface area contributed by atoms with Gasteiger partial charge >= 0.3 is 7.60 Å². The molecule has 1 aromatic heterocycles. The number of hydrogen-bond acceptors (Lipinski definition) is 1. The number of fused-ring (bicyclic) bond motifs is 1. The fourth-order valence-corrected chi connectivity index (χ4v) is 1.79. The quantitative estimate of drug-likeness (QED) is 0.596. The summed E-state index contributed by atoms with van der Waals surface area (Å²) in [5.74, 6) is 0. The summed E-state index contributed by atoms with van der Waals surface area (Å²) in [6.45, 7) is 0. The fourth-order valence-electron chi connectivity index (χ4n) is 1.21. The maximum absolute atomic E-state index is 10.9. The van der Waals surface area contributed by atoms with Gasteiger partial charge in [0, 0.05) is 10.9 Å². The maximum Gasteiger partial charge on any atom is 0.372 e. The Morgan fingerprint density at radius 2 is 1.92 bits per heavy atom. The molecule has 0 unspecified atom stereocenters. The van der Waals surface area contributed by atoms with Gasteiger partial charge in [0.05, 0.1) is 0 Å². The Balaban J connectivity index is 2.69. The number of para-hydroxylation sites is 1. The van der Waals surface area contributed by atoms with E-state index in [4.69, 9.17) is 9.79 Å². The van der Waals surface area contributed by atoms with Crippen LogP contribution in [-0.2, 0) is 4.57 Å². The summed E-state index contributed by atoms with van der Waals surface area (Å²) < 4.78 is 10.9. The van der Waals surface area contributed by atoms with Gasteiger partial charge < -0.3 is 14.8 Å². The lowest BCUT2D eigenvalue weighted by Gasteiger charge is -1.97. The zero-order valence-corrected chi connectivity index (χ0v) is 7.53. The molecular formula is C8H8NO3P. The molecule has 2 rings (SSSR count). The van der Waals surface area contributed by atoms with E-state index in [9.17, 15) is 4.57 Å². The standard InChI is InChI=1S/C8H8NO3P/c10-13(11,12)8-5-6-3-1-2-4-7(6)9-8/h1-5,9H,(H2,10,11,12). The van der Waals surface area contributed by atoms with Crippen LogP contribution in [0, 0.1) is 0 Å². The van der Waals surface area contributed by atoms with Gasteiger partial charge in [-0.05, 0) is 12.1 Å². The third-order valence-electron chi connectivity index (χ3n) is 1.83. The molecule has 68 valence electrons. The number of aromatic amines is 1. The minimum atomic E-state index is -4.15. The van der Waals surface area contributed by atoms with Crippen LogP contribution in [0.4, 0.5) is 0 Å². The number of rotatable bonds is 1. The molecule has 0 aliphatic heterocycles. The van der Waals surface area contributed by atoms with Crippen LogP contribution >= 0.6 is 7.60 Å². The molecule has 0 radical (unpaired) electrons. The van der Waals surface area contributed by atoms with Gasteiger partial charge in [-0.3, -0.25) is 4.57 Å². The van der Waals surface area contributed by atoms with Crippen molar-refractivity contribution in [2.75, 3.05) is 0 Å². The number of H-pyrrole nitrogens is 1. The lowest BCUT2D eigenvalue weighted by molar-refractivity contribution is 0.386. The third kappa shape index (κ3) is 1.52. The first-order chi connectivity index (χ1) is 6.07. The molecule has 0 aliphatic rings. The average molecular weight is 197 g/mol. The monoisotopic (exact) mass is 197 g/mol. The van der Waals surface area contributed by atoms with E-state index >= 15 is 0 Å². The molecule has 2 aromatic rings. The van der Waals surface area contributed by atoms with Crippen molar-refractivity contribution >= 4 is 23.9 Å². The third-order valence-corrected chi connectivity index (χ3v) is 2.70. The zero-order chi connectivity index (χ0) is 9.47. The average Bonchev–Trinajstić information content (AvgIpc) is 2.45. The van der Waals surface area contributed by atoms with Crippen LogP contribution in [-0.4, -0.2) is 14.8 Å². The predicted molar refractivity (Wildman–Crippen MR) is 50.0 cm³/mol. The van der Waals surface area contributed by atoms with Gasteiger partial charge in [0.15, 0.2) is 0 Å². The number of hydrogen-bond donors (Lipinski definition) is 3. The van der Waals surface area contributed by atoms with Gasteiger partial charge in [0.25, 0.3) is 0 Å². The normalized spacial score (nSPS) is 12.2. The van der Waals surface area contributed by atoms with Crippen LogP contribution in [0.15, 0.2) is 30.3 Å². The molecule has 0 spiro atoms. The summed E-state index contributed by atoms with van der Waals surface area (Å²) >= 11 is 0. The Hall–Kier alpha value is -1.09. The van der Waals surface area contributed by atoms with Crippen LogP contribution in [0.25, 0.3) is 10.9 Å².